The summed E-state index contributed by atoms with van der Waals surface area (Å²) in [6.07, 6.45) is 7.98. The van der Waals surface area contributed by atoms with Gasteiger partial charge in [0.2, 0.25) is 0 Å². The van der Waals surface area contributed by atoms with E-state index in [2.05, 4.69) is 16.3 Å². The van der Waals surface area contributed by atoms with Crippen molar-refractivity contribution in [1.82, 2.24) is 15.1 Å². The Morgan fingerprint density at radius 3 is 2.68 bits per heavy atom. The second kappa shape index (κ2) is 7.34. The summed E-state index contributed by atoms with van der Waals surface area (Å²) < 4.78 is 33.5. The molecule has 1 heterocycles. The molecule has 5 nitrogen and oxygen atoms in total. The molecule has 0 atom stereocenters. The van der Waals surface area contributed by atoms with Gasteiger partial charge in [-0.15, -0.1) is 6.42 Å². The van der Waals surface area contributed by atoms with Crippen LogP contribution in [0.15, 0.2) is 24.5 Å². The first-order valence-corrected chi connectivity index (χ1v) is 7.65. The lowest BCUT2D eigenvalue weighted by atomic mass is 10.0. The Morgan fingerprint density at radius 2 is 2.04 bits per heavy atom. The van der Waals surface area contributed by atoms with Gasteiger partial charge in [0.25, 0.3) is 0 Å². The molecule has 0 saturated heterocycles. The van der Waals surface area contributed by atoms with Gasteiger partial charge < -0.3 is 10.1 Å². The zero-order valence-corrected chi connectivity index (χ0v) is 14.3. The molecule has 0 bridgehead atoms. The van der Waals surface area contributed by atoms with Crippen molar-refractivity contribution >= 4 is 6.09 Å². The predicted molar refractivity (Wildman–Crippen MR) is 89.8 cm³/mol. The van der Waals surface area contributed by atoms with E-state index < -0.39 is 23.3 Å². The zero-order chi connectivity index (χ0) is 18.6. The number of benzene rings is 1. The van der Waals surface area contributed by atoms with Crippen molar-refractivity contribution in [2.75, 3.05) is 6.54 Å². The van der Waals surface area contributed by atoms with Gasteiger partial charge >= 0.3 is 6.09 Å². The third-order valence-corrected chi connectivity index (χ3v) is 3.17. The van der Waals surface area contributed by atoms with Crippen LogP contribution in [0, 0.1) is 24.0 Å². The lowest BCUT2D eigenvalue weighted by Crippen LogP contribution is -2.34. The third kappa shape index (κ3) is 5.05. The Hall–Kier alpha value is -2.88. The monoisotopic (exact) mass is 347 g/mol. The standard InChI is InChI=1S/C18H19F2N3O2/c1-5-12-8-15(19)16(20)9-14(12)13-10-22-23(11-13)7-6-21-17(24)25-18(2,3)4/h1,8-11H,6-7H2,2-4H3,(H,21,24). The number of alkyl carbamates (subject to hydrolysis) is 1. The zero-order valence-electron chi connectivity index (χ0n) is 14.3. The minimum atomic E-state index is -0.995. The van der Waals surface area contributed by atoms with Crippen LogP contribution in [0.25, 0.3) is 11.1 Å². The average Bonchev–Trinajstić information content (AvgIpc) is 2.96. The van der Waals surface area contributed by atoms with E-state index in [4.69, 9.17) is 11.2 Å². The molecular formula is C18H19F2N3O2. The number of amides is 1. The van der Waals surface area contributed by atoms with Crippen LogP contribution in [-0.4, -0.2) is 28.0 Å². The quantitative estimate of drug-likeness (QED) is 0.863. The van der Waals surface area contributed by atoms with Crippen LogP contribution in [0.2, 0.25) is 0 Å². The maximum atomic E-state index is 13.5. The molecule has 0 saturated carbocycles. The number of hydrogen-bond acceptors (Lipinski definition) is 3. The lowest BCUT2D eigenvalue weighted by Gasteiger charge is -2.19. The summed E-state index contributed by atoms with van der Waals surface area (Å²) in [4.78, 5) is 11.6. The summed E-state index contributed by atoms with van der Waals surface area (Å²) >= 11 is 0. The van der Waals surface area contributed by atoms with E-state index >= 15 is 0 Å². The van der Waals surface area contributed by atoms with E-state index in [1.54, 1.807) is 31.6 Å². The number of hydrogen-bond donors (Lipinski definition) is 1. The number of aromatic nitrogens is 2. The molecule has 0 aliphatic carbocycles. The highest BCUT2D eigenvalue weighted by Crippen LogP contribution is 2.25. The summed E-state index contributed by atoms with van der Waals surface area (Å²) in [5.41, 5.74) is 0.614. The van der Waals surface area contributed by atoms with E-state index in [9.17, 15) is 13.6 Å². The van der Waals surface area contributed by atoms with Crippen molar-refractivity contribution in [3.05, 3.63) is 41.7 Å². The van der Waals surface area contributed by atoms with Gasteiger partial charge in [0.05, 0.1) is 12.7 Å². The van der Waals surface area contributed by atoms with Crippen molar-refractivity contribution in [2.24, 2.45) is 0 Å². The Labute approximate surface area is 145 Å². The molecule has 1 amide bonds. The number of carbonyl (C=O) groups excluding carboxylic acids is 1. The Morgan fingerprint density at radius 1 is 1.36 bits per heavy atom. The van der Waals surface area contributed by atoms with E-state index in [1.165, 1.54) is 6.20 Å². The largest absolute Gasteiger partial charge is 0.444 e. The first-order valence-electron chi connectivity index (χ1n) is 7.65. The van der Waals surface area contributed by atoms with Crippen LogP contribution in [0.1, 0.15) is 26.3 Å². The highest BCUT2D eigenvalue weighted by molar-refractivity contribution is 5.70. The summed E-state index contributed by atoms with van der Waals surface area (Å²) in [5.74, 6) is 0.361. The van der Waals surface area contributed by atoms with Gasteiger partial charge in [0, 0.05) is 29.4 Å². The van der Waals surface area contributed by atoms with Crippen molar-refractivity contribution in [2.45, 2.75) is 32.9 Å². The third-order valence-electron chi connectivity index (χ3n) is 3.17. The second-order valence-corrected chi connectivity index (χ2v) is 6.38. The molecule has 1 aromatic heterocycles. The molecule has 2 rings (SSSR count). The molecule has 0 fully saturated rings. The molecule has 2 aromatic rings. The molecular weight excluding hydrogens is 328 g/mol. The van der Waals surface area contributed by atoms with Crippen LogP contribution in [0.3, 0.4) is 0 Å². The first kappa shape index (κ1) is 18.5. The molecule has 0 aliphatic rings. The highest BCUT2D eigenvalue weighted by atomic mass is 19.2. The average molecular weight is 347 g/mol. The molecule has 0 radical (unpaired) electrons. The normalized spacial score (nSPS) is 11.0. The van der Waals surface area contributed by atoms with E-state index in [-0.39, 0.29) is 5.56 Å². The van der Waals surface area contributed by atoms with Gasteiger partial charge in [-0.05, 0) is 32.9 Å². The summed E-state index contributed by atoms with van der Waals surface area (Å²) in [6.45, 7) is 6.01. The van der Waals surface area contributed by atoms with Gasteiger partial charge in [-0.3, -0.25) is 4.68 Å². The van der Waals surface area contributed by atoms with Gasteiger partial charge in [-0.2, -0.15) is 5.10 Å². The second-order valence-electron chi connectivity index (χ2n) is 6.38. The Kier molecular flexibility index (Phi) is 5.42. The summed E-state index contributed by atoms with van der Waals surface area (Å²) in [6, 6.07) is 2.02. The molecule has 25 heavy (non-hydrogen) atoms. The van der Waals surface area contributed by atoms with Crippen LogP contribution in [-0.2, 0) is 11.3 Å². The maximum absolute atomic E-state index is 13.5. The fourth-order valence-corrected chi connectivity index (χ4v) is 2.12. The van der Waals surface area contributed by atoms with Crippen LogP contribution >= 0.6 is 0 Å². The summed E-state index contributed by atoms with van der Waals surface area (Å²) in [5, 5.41) is 6.74. The molecule has 0 spiro atoms. The number of carbonyl (C=O) groups is 1. The summed E-state index contributed by atoms with van der Waals surface area (Å²) in [7, 11) is 0. The van der Waals surface area contributed by atoms with Gasteiger partial charge in [0.15, 0.2) is 11.6 Å². The number of ether oxygens (including phenoxy) is 1. The Bertz CT molecular complexity index is 817. The molecule has 1 N–H and O–H groups in total. The topological polar surface area (TPSA) is 56.2 Å². The molecule has 1 aromatic carbocycles. The van der Waals surface area contributed by atoms with E-state index in [0.29, 0.717) is 24.2 Å². The predicted octanol–water partition coefficient (Wildman–Crippen LogP) is 3.33. The van der Waals surface area contributed by atoms with E-state index in [0.717, 1.165) is 12.1 Å². The van der Waals surface area contributed by atoms with Crippen molar-refractivity contribution in [1.29, 1.82) is 0 Å². The lowest BCUT2D eigenvalue weighted by molar-refractivity contribution is 0.0525. The van der Waals surface area contributed by atoms with Gasteiger partial charge in [0.1, 0.15) is 5.60 Å². The minimum Gasteiger partial charge on any atom is -0.444 e. The maximum Gasteiger partial charge on any atom is 0.407 e. The minimum absolute atomic E-state index is 0.241. The number of rotatable bonds is 4. The molecule has 132 valence electrons. The number of halogens is 2. The molecule has 0 unspecified atom stereocenters. The van der Waals surface area contributed by atoms with Crippen LogP contribution in [0.5, 0.6) is 0 Å². The fourth-order valence-electron chi connectivity index (χ4n) is 2.12. The molecule has 0 aliphatic heterocycles. The van der Waals surface area contributed by atoms with Crippen molar-refractivity contribution < 1.29 is 18.3 Å². The highest BCUT2D eigenvalue weighted by Gasteiger charge is 2.16. The smallest absolute Gasteiger partial charge is 0.407 e. The van der Waals surface area contributed by atoms with Gasteiger partial charge in [-0.25, -0.2) is 13.6 Å². The number of nitrogens with zero attached hydrogens (tertiary/aromatic N) is 2. The van der Waals surface area contributed by atoms with Crippen LogP contribution < -0.4 is 5.32 Å². The molecule has 7 heteroatoms. The van der Waals surface area contributed by atoms with Crippen LogP contribution in [0.4, 0.5) is 13.6 Å². The SMILES string of the molecule is C#Cc1cc(F)c(F)cc1-c1cnn(CCNC(=O)OC(C)(C)C)c1. The fraction of sp³-hybridized carbons (Fsp3) is 0.333. The Balaban J connectivity index is 2.03. The first-order chi connectivity index (χ1) is 11.7. The van der Waals surface area contributed by atoms with Crippen molar-refractivity contribution in [3.63, 3.8) is 0 Å². The van der Waals surface area contributed by atoms with E-state index in [1.807, 2.05) is 0 Å². The number of terminal acetylenes is 1. The van der Waals surface area contributed by atoms with Crippen molar-refractivity contribution in [3.8, 4) is 23.5 Å². The number of nitrogens with one attached hydrogen (secondary N) is 1. The van der Waals surface area contributed by atoms with Gasteiger partial charge in [-0.1, -0.05) is 5.92 Å².